The SMILES string of the molecule is Cc1nc2ncc(Br)n2cc1CC(=O)O. The number of rotatable bonds is 2. The molecule has 6 heteroatoms. The second kappa shape index (κ2) is 3.62. The Labute approximate surface area is 93.9 Å². The summed E-state index contributed by atoms with van der Waals surface area (Å²) >= 11 is 3.30. The van der Waals surface area contributed by atoms with Gasteiger partial charge in [-0.15, -0.1) is 0 Å². The van der Waals surface area contributed by atoms with E-state index >= 15 is 0 Å². The monoisotopic (exact) mass is 269 g/mol. The zero-order valence-corrected chi connectivity index (χ0v) is 9.52. The van der Waals surface area contributed by atoms with Crippen LogP contribution in [-0.2, 0) is 11.2 Å². The summed E-state index contributed by atoms with van der Waals surface area (Å²) in [6.45, 7) is 1.78. The molecule has 0 aliphatic carbocycles. The topological polar surface area (TPSA) is 67.5 Å². The first kappa shape index (κ1) is 10.1. The second-order valence-electron chi connectivity index (χ2n) is 3.17. The molecule has 0 aliphatic heterocycles. The Hall–Kier alpha value is -1.43. The van der Waals surface area contributed by atoms with Crippen LogP contribution in [0, 0.1) is 6.92 Å². The number of carboxylic acids is 1. The van der Waals surface area contributed by atoms with Gasteiger partial charge < -0.3 is 5.11 Å². The quantitative estimate of drug-likeness (QED) is 0.896. The van der Waals surface area contributed by atoms with E-state index in [4.69, 9.17) is 5.11 Å². The van der Waals surface area contributed by atoms with Crippen LogP contribution in [0.2, 0.25) is 0 Å². The van der Waals surface area contributed by atoms with Crippen LogP contribution in [0.5, 0.6) is 0 Å². The summed E-state index contributed by atoms with van der Waals surface area (Å²) in [4.78, 5) is 18.9. The van der Waals surface area contributed by atoms with Gasteiger partial charge in [0.25, 0.3) is 0 Å². The molecule has 0 spiro atoms. The standard InChI is InChI=1S/C9H8BrN3O2/c1-5-6(2-8(14)15)4-13-7(10)3-11-9(13)12-5/h3-4H,2H2,1H3,(H,14,15). The third kappa shape index (κ3) is 1.85. The summed E-state index contributed by atoms with van der Waals surface area (Å²) in [5.74, 6) is -0.302. The smallest absolute Gasteiger partial charge is 0.307 e. The first-order chi connectivity index (χ1) is 7.08. The van der Waals surface area contributed by atoms with Crippen molar-refractivity contribution < 1.29 is 9.90 Å². The minimum atomic E-state index is -0.865. The molecule has 2 rings (SSSR count). The number of fused-ring (bicyclic) bond motifs is 1. The molecule has 0 amide bonds. The van der Waals surface area contributed by atoms with Crippen molar-refractivity contribution in [3.63, 3.8) is 0 Å². The molecule has 15 heavy (non-hydrogen) atoms. The Morgan fingerprint density at radius 3 is 3.07 bits per heavy atom. The van der Waals surface area contributed by atoms with E-state index < -0.39 is 5.97 Å². The highest BCUT2D eigenvalue weighted by atomic mass is 79.9. The van der Waals surface area contributed by atoms with Gasteiger partial charge in [0, 0.05) is 17.5 Å². The molecule has 1 N–H and O–H groups in total. The van der Waals surface area contributed by atoms with Crippen molar-refractivity contribution in [3.05, 3.63) is 28.3 Å². The lowest BCUT2D eigenvalue weighted by atomic mass is 10.2. The summed E-state index contributed by atoms with van der Waals surface area (Å²) in [6.07, 6.45) is 3.34. The van der Waals surface area contributed by atoms with Crippen molar-refractivity contribution in [2.75, 3.05) is 0 Å². The molecule has 2 heterocycles. The highest BCUT2D eigenvalue weighted by Crippen LogP contribution is 2.14. The van der Waals surface area contributed by atoms with Crippen LogP contribution in [0.3, 0.4) is 0 Å². The lowest BCUT2D eigenvalue weighted by molar-refractivity contribution is -0.136. The first-order valence-electron chi connectivity index (χ1n) is 4.29. The normalized spacial score (nSPS) is 10.8. The summed E-state index contributed by atoms with van der Waals surface area (Å²) in [6, 6.07) is 0. The highest BCUT2D eigenvalue weighted by molar-refractivity contribution is 9.10. The second-order valence-corrected chi connectivity index (χ2v) is 3.99. The van der Waals surface area contributed by atoms with Gasteiger partial charge in [0.15, 0.2) is 0 Å². The fourth-order valence-corrected chi connectivity index (χ4v) is 1.70. The van der Waals surface area contributed by atoms with Crippen molar-refractivity contribution in [1.29, 1.82) is 0 Å². The Kier molecular flexibility index (Phi) is 2.44. The summed E-state index contributed by atoms with van der Waals surface area (Å²) < 4.78 is 2.47. The number of aryl methyl sites for hydroxylation is 1. The number of hydrogen-bond donors (Lipinski definition) is 1. The molecular weight excluding hydrogens is 262 g/mol. The minimum absolute atomic E-state index is 0.0284. The molecule has 0 radical (unpaired) electrons. The number of aliphatic carboxylic acids is 1. The zero-order chi connectivity index (χ0) is 11.0. The van der Waals surface area contributed by atoms with Crippen LogP contribution in [0.1, 0.15) is 11.3 Å². The van der Waals surface area contributed by atoms with Gasteiger partial charge in [-0.25, -0.2) is 9.97 Å². The third-order valence-electron chi connectivity index (χ3n) is 2.09. The Bertz CT molecular complexity index is 535. The molecule has 0 unspecified atom stereocenters. The average Bonchev–Trinajstić information content (AvgIpc) is 2.48. The molecule has 0 aliphatic rings. The Balaban J connectivity index is 2.59. The highest BCUT2D eigenvalue weighted by Gasteiger charge is 2.09. The maximum Gasteiger partial charge on any atom is 0.307 e. The minimum Gasteiger partial charge on any atom is -0.481 e. The van der Waals surface area contributed by atoms with Crippen molar-refractivity contribution >= 4 is 27.7 Å². The van der Waals surface area contributed by atoms with Crippen LogP contribution in [-0.4, -0.2) is 25.4 Å². The summed E-state index contributed by atoms with van der Waals surface area (Å²) in [5.41, 5.74) is 1.39. The van der Waals surface area contributed by atoms with Gasteiger partial charge >= 0.3 is 5.97 Å². The number of imidazole rings is 1. The summed E-state index contributed by atoms with van der Waals surface area (Å²) in [5, 5.41) is 8.72. The molecule has 0 saturated heterocycles. The predicted octanol–water partition coefficient (Wildman–Crippen LogP) is 1.43. The molecule has 5 nitrogen and oxygen atoms in total. The van der Waals surface area contributed by atoms with Crippen LogP contribution in [0.25, 0.3) is 5.78 Å². The van der Waals surface area contributed by atoms with E-state index in [0.717, 1.165) is 4.60 Å². The number of hydrogen-bond acceptors (Lipinski definition) is 3. The predicted molar refractivity (Wildman–Crippen MR) is 56.8 cm³/mol. The summed E-state index contributed by atoms with van der Waals surface area (Å²) in [7, 11) is 0. The van der Waals surface area contributed by atoms with E-state index in [2.05, 4.69) is 25.9 Å². The zero-order valence-electron chi connectivity index (χ0n) is 7.94. The molecule has 0 aromatic carbocycles. The van der Waals surface area contributed by atoms with Crippen molar-refractivity contribution in [1.82, 2.24) is 14.4 Å². The number of halogens is 1. The average molecular weight is 270 g/mol. The molecule has 78 valence electrons. The van der Waals surface area contributed by atoms with Gasteiger partial charge in [-0.2, -0.15) is 0 Å². The van der Waals surface area contributed by atoms with Gasteiger partial charge in [0.2, 0.25) is 5.78 Å². The van der Waals surface area contributed by atoms with Crippen molar-refractivity contribution in [3.8, 4) is 0 Å². The van der Waals surface area contributed by atoms with E-state index in [1.807, 2.05) is 0 Å². The van der Waals surface area contributed by atoms with E-state index in [1.165, 1.54) is 0 Å². The maximum absolute atomic E-state index is 10.6. The fourth-order valence-electron chi connectivity index (χ4n) is 1.34. The molecule has 2 aromatic heterocycles. The first-order valence-corrected chi connectivity index (χ1v) is 5.08. The number of carbonyl (C=O) groups is 1. The number of nitrogens with zero attached hydrogens (tertiary/aromatic N) is 3. The van der Waals surface area contributed by atoms with Gasteiger partial charge in [0.05, 0.1) is 12.6 Å². The Morgan fingerprint density at radius 1 is 1.67 bits per heavy atom. The van der Waals surface area contributed by atoms with Crippen LogP contribution in [0.15, 0.2) is 17.0 Å². The molecule has 2 aromatic rings. The Morgan fingerprint density at radius 2 is 2.40 bits per heavy atom. The molecule has 0 saturated carbocycles. The molecule has 0 bridgehead atoms. The fraction of sp³-hybridized carbons (Fsp3) is 0.222. The third-order valence-corrected chi connectivity index (χ3v) is 2.68. The van der Waals surface area contributed by atoms with Gasteiger partial charge in [-0.1, -0.05) is 0 Å². The van der Waals surface area contributed by atoms with E-state index in [1.54, 1.807) is 23.7 Å². The van der Waals surface area contributed by atoms with Gasteiger partial charge in [0.1, 0.15) is 4.60 Å². The lowest BCUT2D eigenvalue weighted by Crippen LogP contribution is -2.05. The van der Waals surface area contributed by atoms with Crippen molar-refractivity contribution in [2.45, 2.75) is 13.3 Å². The molecule has 0 atom stereocenters. The largest absolute Gasteiger partial charge is 0.481 e. The molecule has 0 fully saturated rings. The van der Waals surface area contributed by atoms with E-state index in [9.17, 15) is 4.79 Å². The number of aromatic nitrogens is 3. The van der Waals surface area contributed by atoms with E-state index in [-0.39, 0.29) is 6.42 Å². The van der Waals surface area contributed by atoms with Gasteiger partial charge in [-0.05, 0) is 22.9 Å². The van der Waals surface area contributed by atoms with Crippen LogP contribution in [0.4, 0.5) is 0 Å². The van der Waals surface area contributed by atoms with Crippen LogP contribution >= 0.6 is 15.9 Å². The molecular formula is C9H8BrN3O2. The van der Waals surface area contributed by atoms with Crippen molar-refractivity contribution in [2.24, 2.45) is 0 Å². The maximum atomic E-state index is 10.6. The lowest BCUT2D eigenvalue weighted by Gasteiger charge is -2.03. The van der Waals surface area contributed by atoms with Gasteiger partial charge in [-0.3, -0.25) is 9.20 Å². The van der Waals surface area contributed by atoms with Crippen LogP contribution < -0.4 is 0 Å². The van der Waals surface area contributed by atoms with E-state index in [0.29, 0.717) is 17.0 Å². The number of carboxylic acid groups (broad SMARTS) is 1.